The summed E-state index contributed by atoms with van der Waals surface area (Å²) in [5.74, 6) is -11.3. The smallest absolute Gasteiger partial charge is 0.857 e. The van der Waals surface area contributed by atoms with Crippen LogP contribution < -0.4 is 102 Å². The number of hydrazine groups is 2. The number of nitrogen functional groups attached to an aromatic ring is 2. The second kappa shape index (κ2) is 57.8. The van der Waals surface area contributed by atoms with Gasteiger partial charge in [-0.3, -0.25) is 17.0 Å². The Hall–Kier alpha value is -12.6. The number of hydrogen-bond acceptors (Lipinski definition) is 22. The molecule has 2 aliphatic rings. The van der Waals surface area contributed by atoms with Crippen LogP contribution in [0, 0.1) is 123 Å². The second-order valence-corrected chi connectivity index (χ2v) is 23.9. The summed E-state index contributed by atoms with van der Waals surface area (Å²) in [5.41, 5.74) is 22.3. The average Bonchev–Trinajstić information content (AvgIpc) is 0.800. The maximum absolute atomic E-state index is 14.2. The summed E-state index contributed by atoms with van der Waals surface area (Å²) in [4.78, 5) is 49.4. The molecule has 0 amide bonds. The number of nitriles is 1. The molecule has 2 saturated carbocycles. The van der Waals surface area contributed by atoms with Crippen LogP contribution in [0.5, 0.6) is 0 Å². The van der Waals surface area contributed by atoms with Crippen LogP contribution in [0.1, 0.15) is 61.9 Å². The van der Waals surface area contributed by atoms with Gasteiger partial charge in [-0.25, -0.2) is 110 Å². The topological polar surface area (TPSA) is 507 Å². The van der Waals surface area contributed by atoms with Crippen LogP contribution in [0.3, 0.4) is 0 Å². The van der Waals surface area contributed by atoms with E-state index in [1.165, 1.54) is 6.19 Å². The maximum Gasteiger partial charge on any atom is 1.00 e. The van der Waals surface area contributed by atoms with E-state index in [2.05, 4.69) is 103 Å². The summed E-state index contributed by atoms with van der Waals surface area (Å²) in [6, 6.07) is 18.8. The van der Waals surface area contributed by atoms with Crippen LogP contribution >= 0.6 is 15.9 Å². The number of aromatic nitrogens is 8. The Kier molecular flexibility index (Phi) is 52.0. The van der Waals surface area contributed by atoms with E-state index in [-0.39, 0.29) is 161 Å². The third kappa shape index (κ3) is 44.2. The molecule has 4 aromatic carbocycles. The van der Waals surface area contributed by atoms with Gasteiger partial charge in [-0.2, -0.15) is 68.6 Å². The number of aliphatic imine (C=N–C) groups is 3. The number of hydrogen-bond donors (Lipinski definition) is 13. The van der Waals surface area contributed by atoms with E-state index in [0.717, 1.165) is 131 Å². The number of pyridine rings is 5. The van der Waals surface area contributed by atoms with Crippen LogP contribution in [0.2, 0.25) is 0 Å². The summed E-state index contributed by atoms with van der Waals surface area (Å²) in [7, 11) is 2.81. The molecule has 54 heteroatoms. The SMILES string of the molecule is CO.COC(=O)c1nc(F)ccc1F.C[O-].Fc1cc(F)cc(Nc2nc(NC3CCC(F)(F)CC3)nc(-c3nc(F)ccc3F)n2)c1.Fc1ccc(F)c(Br)n1.Fc1ccc(F)c(F)n1.N#CNC(N)=Nc1cc(F)cc(F)c1.NC(=NC1CCC(F)(F)CC1)N=C(N)Nc1cc(F)cc(F)c1.NN.NNc1nc(F)ccc1F.Nc1cc(F)cc(F)c1.O.[Na+]. The molecule has 126 heavy (non-hydrogen) atoms. The van der Waals surface area contributed by atoms with Crippen molar-refractivity contribution in [2.75, 3.05) is 48.4 Å². The number of esters is 1. The number of halogens is 24. The minimum atomic E-state index is -2.74. The Bertz CT molecular complexity index is 5050. The zero-order valence-corrected chi connectivity index (χ0v) is 68.8. The molecule has 22 N–H and O–H groups in total. The number of carbonyl (C=O) groups is 1. The number of nitrogens with one attached hydrogen (secondary N) is 5. The first-order valence-corrected chi connectivity index (χ1v) is 34.5. The normalized spacial score (nSPS) is 12.7. The van der Waals surface area contributed by atoms with Gasteiger partial charge in [0, 0.05) is 80.2 Å². The van der Waals surface area contributed by atoms with Crippen molar-refractivity contribution in [2.45, 2.75) is 75.3 Å². The van der Waals surface area contributed by atoms with Gasteiger partial charge in [-0.05, 0) is 151 Å². The third-order valence-corrected chi connectivity index (χ3v) is 14.6. The molecule has 0 spiro atoms. The van der Waals surface area contributed by atoms with Crippen molar-refractivity contribution in [3.63, 3.8) is 0 Å². The molecule has 12 rings (SSSR count). The summed E-state index contributed by atoms with van der Waals surface area (Å²) in [6.45, 7) is 0. The summed E-state index contributed by atoms with van der Waals surface area (Å²) in [6.07, 6.45) is 1.10. The predicted molar refractivity (Wildman–Crippen MR) is 411 cm³/mol. The van der Waals surface area contributed by atoms with Gasteiger partial charge >= 0.3 is 35.5 Å². The van der Waals surface area contributed by atoms with Crippen molar-refractivity contribution < 1.29 is 156 Å². The Morgan fingerprint density at radius 1 is 0.532 bits per heavy atom. The number of aliphatic hydroxyl groups is 1. The zero-order chi connectivity index (χ0) is 93.7. The monoisotopic (exact) mass is 1890 g/mol. The summed E-state index contributed by atoms with van der Waals surface area (Å²) >= 11 is 2.72. The van der Waals surface area contributed by atoms with Crippen LogP contribution in [0.25, 0.3) is 11.5 Å². The fourth-order valence-corrected chi connectivity index (χ4v) is 9.27. The quantitative estimate of drug-likeness (QED) is 0.00518. The molecule has 6 aromatic heterocycles. The van der Waals surface area contributed by atoms with Crippen molar-refractivity contribution in [2.24, 2.45) is 49.7 Å². The molecule has 6 heterocycles. The van der Waals surface area contributed by atoms with Crippen molar-refractivity contribution >= 4 is 80.2 Å². The molecule has 0 atom stereocenters. The van der Waals surface area contributed by atoms with Gasteiger partial charge in [0.15, 0.2) is 52.6 Å². The van der Waals surface area contributed by atoms with Gasteiger partial charge < -0.3 is 64.7 Å². The van der Waals surface area contributed by atoms with E-state index < -0.39 is 147 Å². The molecule has 10 aromatic rings. The van der Waals surface area contributed by atoms with Crippen LogP contribution in [-0.2, 0) is 4.74 Å². The Balaban J connectivity index is 0.00000147. The van der Waals surface area contributed by atoms with E-state index in [1.54, 1.807) is 0 Å². The van der Waals surface area contributed by atoms with Gasteiger partial charge in [-0.15, -0.1) is 0 Å². The fraction of sp³-hybridized carbons (Fsp3) is 0.208. The van der Waals surface area contributed by atoms with Crippen LogP contribution in [-0.4, -0.2) is 120 Å². The number of guanidine groups is 3. The molecular weight excluding hydrogens is 1820 g/mol. The first-order chi connectivity index (χ1) is 58.5. The van der Waals surface area contributed by atoms with Crippen molar-refractivity contribution in [1.29, 1.82) is 5.26 Å². The van der Waals surface area contributed by atoms with E-state index >= 15 is 0 Å². The molecule has 678 valence electrons. The number of ether oxygens (including phenoxy) is 1. The number of nitrogens with zero attached hydrogens (tertiary/aromatic N) is 12. The summed E-state index contributed by atoms with van der Waals surface area (Å²) < 4.78 is 297. The van der Waals surface area contributed by atoms with Crippen molar-refractivity contribution in [3.05, 3.63) is 255 Å². The molecule has 0 bridgehead atoms. The van der Waals surface area contributed by atoms with E-state index in [0.29, 0.717) is 24.3 Å². The maximum atomic E-state index is 14.2. The largest absolute Gasteiger partial charge is 1.00 e. The average molecular weight is 1890 g/mol. The summed E-state index contributed by atoms with van der Waals surface area (Å²) in [5, 5.41) is 33.4. The molecule has 0 radical (unpaired) electrons. The Morgan fingerprint density at radius 3 is 1.39 bits per heavy atom. The number of anilines is 6. The molecular formula is C72H71BrF23N24NaO5. The number of aliphatic hydroxyl groups excluding tert-OH is 1. The number of rotatable bonds is 10. The van der Waals surface area contributed by atoms with Crippen molar-refractivity contribution in [1.82, 2.24) is 45.2 Å². The van der Waals surface area contributed by atoms with Crippen LogP contribution in [0.15, 0.2) is 153 Å². The van der Waals surface area contributed by atoms with Gasteiger partial charge in [0.2, 0.25) is 71.4 Å². The Morgan fingerprint density at radius 2 is 0.944 bits per heavy atom. The minimum Gasteiger partial charge on any atom is -0.857 e. The molecule has 2 aliphatic carbocycles. The number of nitrogens with two attached hydrogens (primary N) is 7. The standard InChI is InChI=1S/C20H16F6N6.C14H17F4N5.C8H6F2N4.C7H5F2NO2.C6H5F2N.C5H2BrF2N.C5H2F3N.C5H5F2N3.CH4O.CH3O.H4N2.Na.H2O/c21-10-7-11(22)9-13(8-10)28-19-31-17(16-14(23)1-2-15(24)29-16)30-18(32-19)27-12-3-5-20(25,26)6-4-12;15-8-5-9(16)7-11(6-8)22-13(20)23-12(19)21-10-1-3-14(17,18)4-2-10;9-5-1-6(10)3-7(2-5)14-8(12)13-4-11;1-12-7(11)6-4(8)2-3-5(9)10-6;7-4-1-5(8)3-6(9)2-4;6-5-3(7)1-2-4(8)9-5;6-3-1-2-4(7)9-5(3)8;6-3-1-2-4(7)9-5(3)10-8;3*1-2;;/h1-2,7-9,12H,3-6H2,(H2,27,28,30,31,32);5-7,10H,1-4H2,(H5,19,20,21,22,23);1-3H,(H3,12,13,14);2-3H,1H3;1-3H,9H2;2*1-2H;1-2H,8H2,(H,9,10);2H,1H3;1H3;1-2H2;;1H2/q;;;;;;;;;-1;;+1;. The minimum absolute atomic E-state index is 0. The van der Waals surface area contributed by atoms with Gasteiger partial charge in [0.25, 0.3) is 5.95 Å². The molecule has 29 nitrogen and oxygen atoms in total. The van der Waals surface area contributed by atoms with E-state index in [4.69, 9.17) is 44.3 Å². The van der Waals surface area contributed by atoms with Crippen molar-refractivity contribution in [3.8, 4) is 17.7 Å². The number of methoxy groups -OCH3 is 1. The fourth-order valence-electron chi connectivity index (χ4n) is 8.97. The second-order valence-electron chi connectivity index (χ2n) is 23.1. The predicted octanol–water partition coefficient (Wildman–Crippen LogP) is 9.33. The molecule has 0 saturated heterocycles. The third-order valence-electron chi connectivity index (χ3n) is 14.0. The zero-order valence-electron chi connectivity index (χ0n) is 65.2. The molecule has 0 unspecified atom stereocenters. The van der Waals surface area contributed by atoms with E-state index in [9.17, 15) is 106 Å². The molecule has 2 fully saturated rings. The van der Waals surface area contributed by atoms with Crippen LogP contribution in [0.4, 0.5) is 141 Å². The van der Waals surface area contributed by atoms with Gasteiger partial charge in [0.1, 0.15) is 56.8 Å². The first-order valence-electron chi connectivity index (χ1n) is 33.7. The van der Waals surface area contributed by atoms with Gasteiger partial charge in [-0.1, -0.05) is 0 Å². The number of alkyl halides is 4. The Labute approximate surface area is 729 Å². The number of carbonyl (C=O) groups excluding carboxylic acids is 1. The van der Waals surface area contributed by atoms with Gasteiger partial charge in [0.05, 0.1) is 18.8 Å². The first kappa shape index (κ1) is 113. The van der Waals surface area contributed by atoms with E-state index in [1.807, 2.05) is 10.7 Å². The molecule has 0 aliphatic heterocycles. The number of benzene rings is 4.